The van der Waals surface area contributed by atoms with E-state index in [4.69, 9.17) is 0 Å². The number of imidazole rings is 1. The number of aromatic hydroxyl groups is 1. The van der Waals surface area contributed by atoms with Crippen LogP contribution >= 0.6 is 0 Å². The zero-order valence-electron chi connectivity index (χ0n) is 14.7. The van der Waals surface area contributed by atoms with Crippen LogP contribution in [0.2, 0.25) is 0 Å². The fraction of sp³-hybridized carbons (Fsp3) is 0.250. The van der Waals surface area contributed by atoms with Gasteiger partial charge < -0.3 is 15.2 Å². The van der Waals surface area contributed by atoms with Crippen molar-refractivity contribution in [3.63, 3.8) is 0 Å². The molecule has 2 aromatic carbocycles. The number of benzene rings is 2. The Balaban J connectivity index is 1.99. The number of rotatable bonds is 6. The lowest BCUT2D eigenvalue weighted by atomic mass is 9.91. The number of aromatic nitrogens is 2. The molecule has 3 aromatic rings. The smallest absolute Gasteiger partial charge is 0.172 e. The first-order chi connectivity index (χ1) is 12.4. The van der Waals surface area contributed by atoms with Crippen LogP contribution in [0.4, 0.5) is 4.39 Å². The van der Waals surface area contributed by atoms with E-state index in [0.717, 1.165) is 17.3 Å². The number of hydrogen-bond donors (Lipinski definition) is 4. The lowest BCUT2D eigenvalue weighted by Crippen LogP contribution is -2.48. The molecule has 0 saturated heterocycles. The van der Waals surface area contributed by atoms with Crippen molar-refractivity contribution in [2.75, 3.05) is 0 Å². The van der Waals surface area contributed by atoms with Crippen LogP contribution in [-0.4, -0.2) is 26.2 Å². The summed E-state index contributed by atoms with van der Waals surface area (Å²) in [5.74, 6) is -0.877. The van der Waals surface area contributed by atoms with E-state index in [1.54, 1.807) is 24.7 Å². The Hall–Kier alpha value is -2.70. The lowest BCUT2D eigenvalue weighted by Gasteiger charge is -2.34. The summed E-state index contributed by atoms with van der Waals surface area (Å²) in [6.45, 7) is 3.87. The van der Waals surface area contributed by atoms with Gasteiger partial charge in [-0.05, 0) is 26.0 Å². The standard InChI is InChI=1S/C20H22FN3O2/c1-13-3-5-15(6-4-13)20(26,18-8-7-16(21)10-19(18)25)24-14(2)9-17-11-22-12-23-17/h3-8,10-12,14,24-26H,9H2,1-2H3,(H,22,23)/t14-,20?/m1/s1. The van der Waals surface area contributed by atoms with Crippen molar-refractivity contribution in [3.05, 3.63) is 83.2 Å². The summed E-state index contributed by atoms with van der Waals surface area (Å²) in [6.07, 6.45) is 3.91. The van der Waals surface area contributed by atoms with E-state index in [1.165, 1.54) is 12.1 Å². The molecular weight excluding hydrogens is 333 g/mol. The van der Waals surface area contributed by atoms with Crippen molar-refractivity contribution < 1.29 is 14.6 Å². The number of phenols is 1. The quantitative estimate of drug-likeness (QED) is 0.513. The molecule has 136 valence electrons. The molecule has 2 atom stereocenters. The maximum Gasteiger partial charge on any atom is 0.172 e. The molecule has 0 saturated carbocycles. The molecule has 6 heteroatoms. The van der Waals surface area contributed by atoms with Crippen LogP contribution in [0.5, 0.6) is 5.75 Å². The third-order valence-corrected chi connectivity index (χ3v) is 4.36. The predicted molar refractivity (Wildman–Crippen MR) is 97.1 cm³/mol. The van der Waals surface area contributed by atoms with E-state index in [9.17, 15) is 14.6 Å². The second-order valence-corrected chi connectivity index (χ2v) is 6.56. The third-order valence-electron chi connectivity index (χ3n) is 4.36. The van der Waals surface area contributed by atoms with Gasteiger partial charge in [-0.1, -0.05) is 29.8 Å². The summed E-state index contributed by atoms with van der Waals surface area (Å²) in [4.78, 5) is 7.02. The van der Waals surface area contributed by atoms with Crippen LogP contribution in [0.15, 0.2) is 55.0 Å². The molecule has 1 heterocycles. The molecule has 0 aliphatic carbocycles. The minimum absolute atomic E-state index is 0.161. The monoisotopic (exact) mass is 355 g/mol. The highest BCUT2D eigenvalue weighted by molar-refractivity contribution is 5.44. The largest absolute Gasteiger partial charge is 0.507 e. The second-order valence-electron chi connectivity index (χ2n) is 6.56. The highest BCUT2D eigenvalue weighted by Gasteiger charge is 2.35. The van der Waals surface area contributed by atoms with E-state index < -0.39 is 11.5 Å². The van der Waals surface area contributed by atoms with Gasteiger partial charge in [-0.15, -0.1) is 0 Å². The number of nitrogens with one attached hydrogen (secondary N) is 2. The van der Waals surface area contributed by atoms with Gasteiger partial charge in [0, 0.05) is 41.5 Å². The van der Waals surface area contributed by atoms with Crippen molar-refractivity contribution >= 4 is 0 Å². The molecule has 0 bridgehead atoms. The molecule has 0 fully saturated rings. The summed E-state index contributed by atoms with van der Waals surface area (Å²) in [5.41, 5.74) is 1.04. The number of H-pyrrole nitrogens is 1. The molecule has 26 heavy (non-hydrogen) atoms. The van der Waals surface area contributed by atoms with E-state index in [-0.39, 0.29) is 17.4 Å². The maximum absolute atomic E-state index is 13.4. The Morgan fingerprint density at radius 1 is 1.23 bits per heavy atom. The Kier molecular flexibility index (Phi) is 5.06. The molecule has 1 aromatic heterocycles. The van der Waals surface area contributed by atoms with Crippen molar-refractivity contribution in [2.45, 2.75) is 32.0 Å². The van der Waals surface area contributed by atoms with Gasteiger partial charge in [-0.25, -0.2) is 9.37 Å². The fourth-order valence-electron chi connectivity index (χ4n) is 3.06. The number of aromatic amines is 1. The van der Waals surface area contributed by atoms with Crippen LogP contribution in [-0.2, 0) is 12.1 Å². The molecule has 5 nitrogen and oxygen atoms in total. The molecule has 4 N–H and O–H groups in total. The number of aliphatic hydroxyl groups is 1. The van der Waals surface area contributed by atoms with Crippen molar-refractivity contribution in [1.29, 1.82) is 0 Å². The SMILES string of the molecule is Cc1ccc(C(O)(N[C@H](C)Cc2cnc[nH]2)c2ccc(F)cc2O)cc1. The average molecular weight is 355 g/mol. The van der Waals surface area contributed by atoms with Crippen LogP contribution < -0.4 is 5.32 Å². The molecule has 0 spiro atoms. The minimum atomic E-state index is -1.68. The zero-order valence-corrected chi connectivity index (χ0v) is 14.7. The molecule has 3 rings (SSSR count). The van der Waals surface area contributed by atoms with Crippen LogP contribution in [0.3, 0.4) is 0 Å². The summed E-state index contributed by atoms with van der Waals surface area (Å²) < 4.78 is 13.4. The van der Waals surface area contributed by atoms with Crippen molar-refractivity contribution in [2.24, 2.45) is 0 Å². The molecular formula is C20H22FN3O2. The van der Waals surface area contributed by atoms with Gasteiger partial charge in [0.2, 0.25) is 0 Å². The van der Waals surface area contributed by atoms with E-state index in [1.807, 2.05) is 26.0 Å². The van der Waals surface area contributed by atoms with Gasteiger partial charge in [-0.3, -0.25) is 5.32 Å². The van der Waals surface area contributed by atoms with Crippen LogP contribution in [0.25, 0.3) is 0 Å². The number of halogens is 1. The normalized spacial score (nSPS) is 14.8. The highest BCUT2D eigenvalue weighted by Crippen LogP contribution is 2.34. The number of hydrogen-bond acceptors (Lipinski definition) is 4. The Morgan fingerprint density at radius 3 is 2.58 bits per heavy atom. The number of phenolic OH excluding ortho intramolecular Hbond substituents is 1. The second kappa shape index (κ2) is 7.27. The summed E-state index contributed by atoms with van der Waals surface area (Å²) in [6, 6.07) is 10.8. The first-order valence-corrected chi connectivity index (χ1v) is 8.42. The average Bonchev–Trinajstić information content (AvgIpc) is 3.07. The van der Waals surface area contributed by atoms with E-state index in [2.05, 4.69) is 15.3 Å². The molecule has 0 radical (unpaired) electrons. The maximum atomic E-state index is 13.4. The lowest BCUT2D eigenvalue weighted by molar-refractivity contribution is 0.0298. The first-order valence-electron chi connectivity index (χ1n) is 8.42. The minimum Gasteiger partial charge on any atom is -0.507 e. The summed E-state index contributed by atoms with van der Waals surface area (Å²) in [7, 11) is 0. The molecule has 0 aliphatic heterocycles. The summed E-state index contributed by atoms with van der Waals surface area (Å²) >= 11 is 0. The fourth-order valence-corrected chi connectivity index (χ4v) is 3.06. The molecule has 0 aliphatic rings. The third kappa shape index (κ3) is 3.76. The first kappa shape index (κ1) is 18.1. The number of nitrogens with zero attached hydrogens (tertiary/aromatic N) is 1. The van der Waals surface area contributed by atoms with Gasteiger partial charge >= 0.3 is 0 Å². The molecule has 0 amide bonds. The van der Waals surface area contributed by atoms with Gasteiger partial charge in [0.15, 0.2) is 5.72 Å². The summed E-state index contributed by atoms with van der Waals surface area (Å²) in [5, 5.41) is 24.9. The van der Waals surface area contributed by atoms with Crippen LogP contribution in [0.1, 0.15) is 29.3 Å². The van der Waals surface area contributed by atoms with Gasteiger partial charge in [0.1, 0.15) is 11.6 Å². The molecule has 1 unspecified atom stereocenters. The Morgan fingerprint density at radius 2 is 1.96 bits per heavy atom. The van der Waals surface area contributed by atoms with Crippen molar-refractivity contribution in [3.8, 4) is 5.75 Å². The van der Waals surface area contributed by atoms with Gasteiger partial charge in [0.25, 0.3) is 0 Å². The topological polar surface area (TPSA) is 81.2 Å². The number of aryl methyl sites for hydroxylation is 1. The Bertz CT molecular complexity index is 865. The zero-order chi connectivity index (χ0) is 18.7. The van der Waals surface area contributed by atoms with Crippen molar-refractivity contribution in [1.82, 2.24) is 15.3 Å². The Labute approximate surface area is 151 Å². The van der Waals surface area contributed by atoms with Gasteiger partial charge in [-0.2, -0.15) is 0 Å². The van der Waals surface area contributed by atoms with Crippen LogP contribution in [0, 0.1) is 12.7 Å². The van der Waals surface area contributed by atoms with Gasteiger partial charge in [0.05, 0.1) is 6.33 Å². The van der Waals surface area contributed by atoms with E-state index >= 15 is 0 Å². The highest BCUT2D eigenvalue weighted by atomic mass is 19.1. The van der Waals surface area contributed by atoms with E-state index in [0.29, 0.717) is 12.0 Å². The predicted octanol–water partition coefficient (Wildman–Crippen LogP) is 2.98.